The van der Waals surface area contributed by atoms with Crippen molar-refractivity contribution in [3.05, 3.63) is 47.0 Å². The summed E-state index contributed by atoms with van der Waals surface area (Å²) in [5, 5.41) is 3.45. The van der Waals surface area contributed by atoms with Gasteiger partial charge in [-0.1, -0.05) is 37.3 Å². The largest absolute Gasteiger partial charge is 0.327 e. The zero-order valence-corrected chi connectivity index (χ0v) is 12.5. The number of rotatable bonds is 5. The van der Waals surface area contributed by atoms with Crippen LogP contribution in [-0.4, -0.2) is 16.9 Å². The maximum absolute atomic E-state index is 11.9. The van der Waals surface area contributed by atoms with Crippen LogP contribution in [0.4, 0.5) is 5.13 Å². The summed E-state index contributed by atoms with van der Waals surface area (Å²) in [5.41, 5.74) is 6.95. The van der Waals surface area contributed by atoms with Crippen molar-refractivity contribution in [2.75, 3.05) is 5.32 Å². The summed E-state index contributed by atoms with van der Waals surface area (Å²) >= 11 is 1.50. The summed E-state index contributed by atoms with van der Waals surface area (Å²) in [6.45, 7) is 3.64. The van der Waals surface area contributed by atoms with Crippen LogP contribution in [0.15, 0.2) is 36.5 Å². The van der Waals surface area contributed by atoms with E-state index in [1.807, 2.05) is 38.2 Å². The van der Waals surface area contributed by atoms with Crippen LogP contribution in [0.5, 0.6) is 0 Å². The van der Waals surface area contributed by atoms with Gasteiger partial charge in [0.15, 0.2) is 5.13 Å². The number of aromatic nitrogens is 1. The smallest absolute Gasteiger partial charge is 0.230 e. The lowest BCUT2D eigenvalue weighted by Gasteiger charge is -2.13. The minimum Gasteiger partial charge on any atom is -0.327 e. The van der Waals surface area contributed by atoms with Crippen LogP contribution in [0.1, 0.15) is 24.3 Å². The molecule has 0 aliphatic rings. The molecule has 0 saturated heterocycles. The molecule has 5 heteroatoms. The number of nitrogens with one attached hydrogen (secondary N) is 1. The SMILES string of the molecule is CC(N)C(C)C(=O)Nc1ncc(Cc2ccccc2)s1. The normalized spacial score (nSPS) is 13.8. The van der Waals surface area contributed by atoms with Crippen LogP contribution in [0.3, 0.4) is 0 Å². The molecule has 20 heavy (non-hydrogen) atoms. The Morgan fingerprint density at radius 3 is 2.70 bits per heavy atom. The third kappa shape index (κ3) is 3.88. The highest BCUT2D eigenvalue weighted by Crippen LogP contribution is 2.21. The van der Waals surface area contributed by atoms with Crippen molar-refractivity contribution in [3.63, 3.8) is 0 Å². The molecule has 106 valence electrons. The highest BCUT2D eigenvalue weighted by atomic mass is 32.1. The highest BCUT2D eigenvalue weighted by Gasteiger charge is 2.18. The molecule has 0 aliphatic carbocycles. The highest BCUT2D eigenvalue weighted by molar-refractivity contribution is 7.15. The zero-order valence-electron chi connectivity index (χ0n) is 11.7. The first kappa shape index (κ1) is 14.7. The molecular weight excluding hydrogens is 270 g/mol. The molecule has 0 fully saturated rings. The molecule has 2 aromatic rings. The van der Waals surface area contributed by atoms with E-state index in [2.05, 4.69) is 22.4 Å². The van der Waals surface area contributed by atoms with Crippen LogP contribution >= 0.6 is 11.3 Å². The molecule has 0 saturated carbocycles. The van der Waals surface area contributed by atoms with E-state index in [1.165, 1.54) is 16.9 Å². The van der Waals surface area contributed by atoms with Crippen LogP contribution in [0.25, 0.3) is 0 Å². The van der Waals surface area contributed by atoms with Crippen molar-refractivity contribution in [2.24, 2.45) is 11.7 Å². The predicted molar refractivity (Wildman–Crippen MR) is 82.8 cm³/mol. The Labute approximate surface area is 123 Å². The Morgan fingerprint density at radius 1 is 1.35 bits per heavy atom. The third-order valence-electron chi connectivity index (χ3n) is 3.21. The van der Waals surface area contributed by atoms with Gasteiger partial charge in [0.2, 0.25) is 5.91 Å². The molecule has 1 aromatic heterocycles. The molecule has 2 rings (SSSR count). The fourth-order valence-electron chi connectivity index (χ4n) is 1.70. The minimum atomic E-state index is -0.225. The summed E-state index contributed by atoms with van der Waals surface area (Å²) in [6, 6.07) is 10.0. The van der Waals surface area contributed by atoms with Gasteiger partial charge in [-0.15, -0.1) is 11.3 Å². The monoisotopic (exact) mass is 289 g/mol. The van der Waals surface area contributed by atoms with E-state index < -0.39 is 0 Å². The van der Waals surface area contributed by atoms with Crippen molar-refractivity contribution in [1.29, 1.82) is 0 Å². The Hall–Kier alpha value is -1.72. The number of amides is 1. The van der Waals surface area contributed by atoms with Crippen LogP contribution < -0.4 is 11.1 Å². The molecular formula is C15H19N3OS. The number of thiazole rings is 1. The van der Waals surface area contributed by atoms with E-state index in [-0.39, 0.29) is 17.9 Å². The number of nitrogens with zero attached hydrogens (tertiary/aromatic N) is 1. The van der Waals surface area contributed by atoms with Gasteiger partial charge in [-0.05, 0) is 12.5 Å². The van der Waals surface area contributed by atoms with Crippen molar-refractivity contribution in [3.8, 4) is 0 Å². The average molecular weight is 289 g/mol. The van der Waals surface area contributed by atoms with E-state index in [0.717, 1.165) is 11.3 Å². The minimum absolute atomic E-state index is 0.0828. The molecule has 4 nitrogen and oxygen atoms in total. The first-order valence-corrected chi connectivity index (χ1v) is 7.43. The van der Waals surface area contributed by atoms with E-state index in [1.54, 1.807) is 0 Å². The number of anilines is 1. The molecule has 0 aliphatic heterocycles. The maximum Gasteiger partial charge on any atom is 0.230 e. The number of hydrogen-bond donors (Lipinski definition) is 2. The van der Waals surface area contributed by atoms with Crippen LogP contribution in [0, 0.1) is 5.92 Å². The lowest BCUT2D eigenvalue weighted by Crippen LogP contribution is -2.34. The van der Waals surface area contributed by atoms with Gasteiger partial charge < -0.3 is 11.1 Å². The second-order valence-electron chi connectivity index (χ2n) is 4.93. The Balaban J connectivity index is 1.97. The fraction of sp³-hybridized carbons (Fsp3) is 0.333. The van der Waals surface area contributed by atoms with Crippen molar-refractivity contribution >= 4 is 22.4 Å². The van der Waals surface area contributed by atoms with E-state index in [0.29, 0.717) is 5.13 Å². The standard InChI is InChI=1S/C15H19N3OS/c1-10(11(2)16)14(19)18-15-17-9-13(20-15)8-12-6-4-3-5-7-12/h3-7,9-11H,8,16H2,1-2H3,(H,17,18,19). The second-order valence-corrected chi connectivity index (χ2v) is 6.05. The number of nitrogens with two attached hydrogens (primary N) is 1. The number of carbonyl (C=O) groups excluding carboxylic acids is 1. The van der Waals surface area contributed by atoms with Gasteiger partial charge in [0.25, 0.3) is 0 Å². The third-order valence-corrected chi connectivity index (χ3v) is 4.12. The fourth-order valence-corrected chi connectivity index (χ4v) is 2.55. The van der Waals surface area contributed by atoms with Gasteiger partial charge in [-0.2, -0.15) is 0 Å². The van der Waals surface area contributed by atoms with Crippen LogP contribution in [-0.2, 0) is 11.2 Å². The van der Waals surface area contributed by atoms with Gasteiger partial charge in [-0.25, -0.2) is 4.98 Å². The summed E-state index contributed by atoms with van der Waals surface area (Å²) in [7, 11) is 0. The molecule has 0 radical (unpaired) electrons. The number of carbonyl (C=O) groups is 1. The molecule has 2 unspecified atom stereocenters. The van der Waals surface area contributed by atoms with E-state index in [9.17, 15) is 4.79 Å². The van der Waals surface area contributed by atoms with E-state index in [4.69, 9.17) is 5.73 Å². The number of hydrogen-bond acceptors (Lipinski definition) is 4. The van der Waals surface area contributed by atoms with Gasteiger partial charge in [0.05, 0.1) is 5.92 Å². The van der Waals surface area contributed by atoms with Crippen molar-refractivity contribution in [2.45, 2.75) is 26.3 Å². The predicted octanol–water partition coefficient (Wildman–Crippen LogP) is 2.66. The lowest BCUT2D eigenvalue weighted by molar-refractivity contribution is -0.119. The molecule has 1 aromatic carbocycles. The topological polar surface area (TPSA) is 68.0 Å². The average Bonchev–Trinajstić information content (AvgIpc) is 2.86. The van der Waals surface area contributed by atoms with Gasteiger partial charge in [0.1, 0.15) is 0 Å². The summed E-state index contributed by atoms with van der Waals surface area (Å²) in [5.74, 6) is -0.308. The Bertz CT molecular complexity index is 566. The zero-order chi connectivity index (χ0) is 14.5. The lowest BCUT2D eigenvalue weighted by atomic mass is 10.0. The molecule has 2 atom stereocenters. The van der Waals surface area contributed by atoms with Crippen LogP contribution in [0.2, 0.25) is 0 Å². The van der Waals surface area contributed by atoms with Gasteiger partial charge in [-0.3, -0.25) is 4.79 Å². The van der Waals surface area contributed by atoms with Crippen molar-refractivity contribution in [1.82, 2.24) is 4.98 Å². The Kier molecular flexibility index (Phi) is 4.87. The molecule has 3 N–H and O–H groups in total. The maximum atomic E-state index is 11.9. The number of benzene rings is 1. The summed E-state index contributed by atoms with van der Waals surface area (Å²) < 4.78 is 0. The second kappa shape index (κ2) is 6.63. The van der Waals surface area contributed by atoms with E-state index >= 15 is 0 Å². The first-order valence-electron chi connectivity index (χ1n) is 6.61. The van der Waals surface area contributed by atoms with Gasteiger partial charge in [0, 0.05) is 23.5 Å². The Morgan fingerprint density at radius 2 is 2.05 bits per heavy atom. The van der Waals surface area contributed by atoms with Gasteiger partial charge >= 0.3 is 0 Å². The summed E-state index contributed by atoms with van der Waals surface area (Å²) in [6.07, 6.45) is 2.64. The molecule has 1 heterocycles. The summed E-state index contributed by atoms with van der Waals surface area (Å²) in [4.78, 5) is 17.3. The molecule has 0 bridgehead atoms. The first-order chi connectivity index (χ1) is 9.56. The molecule has 0 spiro atoms. The quantitative estimate of drug-likeness (QED) is 0.889. The molecule has 1 amide bonds. The van der Waals surface area contributed by atoms with Crippen molar-refractivity contribution < 1.29 is 4.79 Å².